The van der Waals surface area contributed by atoms with Crippen LogP contribution in [0.4, 0.5) is 13.2 Å². The number of halogens is 3. The molecule has 1 saturated carbocycles. The van der Waals surface area contributed by atoms with E-state index in [0.717, 1.165) is 19.4 Å². The smallest absolute Gasteiger partial charge is 0.366 e. The highest BCUT2D eigenvalue weighted by Crippen LogP contribution is 2.34. The van der Waals surface area contributed by atoms with Crippen LogP contribution < -0.4 is 5.32 Å². The Morgan fingerprint density at radius 1 is 1.29 bits per heavy atom. The molecule has 2 fully saturated rings. The van der Waals surface area contributed by atoms with Crippen LogP contribution in [0.25, 0.3) is 0 Å². The molecule has 1 aliphatic carbocycles. The molecule has 1 aliphatic heterocycles. The van der Waals surface area contributed by atoms with E-state index in [-0.39, 0.29) is 12.5 Å². The Morgan fingerprint density at radius 2 is 2.10 bits per heavy atom. The van der Waals surface area contributed by atoms with Crippen LogP contribution in [-0.4, -0.2) is 40.5 Å². The Balaban J connectivity index is 1.30. The van der Waals surface area contributed by atoms with Crippen molar-refractivity contribution in [1.29, 1.82) is 0 Å². The summed E-state index contributed by atoms with van der Waals surface area (Å²) >= 11 is 0. The van der Waals surface area contributed by atoms with E-state index in [4.69, 9.17) is 4.74 Å². The summed E-state index contributed by atoms with van der Waals surface area (Å²) in [5.41, 5.74) is 0. The Labute approximate surface area is 121 Å². The quantitative estimate of drug-likeness (QED) is 0.909. The number of ether oxygens (including phenoxy) is 1. The van der Waals surface area contributed by atoms with Crippen LogP contribution in [0, 0.1) is 0 Å². The Kier molecular flexibility index (Phi) is 4.21. The summed E-state index contributed by atoms with van der Waals surface area (Å²) in [4.78, 5) is 4.03. The summed E-state index contributed by atoms with van der Waals surface area (Å²) in [5.74, 6) is 0. The van der Waals surface area contributed by atoms with Gasteiger partial charge in [0.2, 0.25) is 0 Å². The molecule has 1 aromatic heterocycles. The molecule has 1 saturated heterocycles. The van der Waals surface area contributed by atoms with Gasteiger partial charge in [0, 0.05) is 24.5 Å². The van der Waals surface area contributed by atoms with Crippen LogP contribution in [0.2, 0.25) is 0 Å². The second-order valence-electron chi connectivity index (χ2n) is 5.94. The topological polar surface area (TPSA) is 39.1 Å². The first-order chi connectivity index (χ1) is 10.0. The molecule has 4 nitrogen and oxygen atoms in total. The van der Waals surface area contributed by atoms with Crippen molar-refractivity contribution in [3.05, 3.63) is 18.7 Å². The zero-order valence-corrected chi connectivity index (χ0v) is 11.7. The molecule has 0 amide bonds. The molecule has 118 valence electrons. The predicted octanol–water partition coefficient (Wildman–Crippen LogP) is 2.68. The van der Waals surface area contributed by atoms with Crippen molar-refractivity contribution in [3.8, 4) is 0 Å². The first-order valence-corrected chi connectivity index (χ1v) is 7.45. The van der Waals surface area contributed by atoms with Crippen molar-refractivity contribution in [2.45, 2.75) is 62.6 Å². The molecular weight excluding hydrogens is 283 g/mol. The second-order valence-corrected chi connectivity index (χ2v) is 5.94. The fourth-order valence-electron chi connectivity index (χ4n) is 3.09. The number of alkyl halides is 3. The summed E-state index contributed by atoms with van der Waals surface area (Å²) in [6.07, 6.45) is 2.89. The number of nitrogens with zero attached hydrogens (tertiary/aromatic N) is 2. The van der Waals surface area contributed by atoms with E-state index in [9.17, 15) is 13.2 Å². The van der Waals surface area contributed by atoms with E-state index in [0.29, 0.717) is 24.9 Å². The molecule has 0 aromatic carbocycles. The SMILES string of the molecule is FC(F)(F)C1CCC(CCNC2CC(n3ccnc3)C2)O1. The molecule has 1 aromatic rings. The summed E-state index contributed by atoms with van der Waals surface area (Å²) in [6.45, 7) is 0.719. The van der Waals surface area contributed by atoms with Crippen molar-refractivity contribution >= 4 is 0 Å². The highest BCUT2D eigenvalue weighted by Gasteiger charge is 2.45. The van der Waals surface area contributed by atoms with Crippen LogP contribution >= 0.6 is 0 Å². The van der Waals surface area contributed by atoms with Gasteiger partial charge >= 0.3 is 6.18 Å². The number of imidazole rings is 1. The standard InChI is InChI=1S/C14H20F3N3O/c15-14(16,17)13-2-1-12(21-13)3-4-19-10-7-11(8-10)20-6-5-18-9-20/h5-6,9-13,19H,1-4,7-8H2. The van der Waals surface area contributed by atoms with E-state index in [2.05, 4.69) is 14.9 Å². The van der Waals surface area contributed by atoms with E-state index in [1.807, 2.05) is 12.5 Å². The average Bonchev–Trinajstić information content (AvgIpc) is 3.02. The third-order valence-electron chi connectivity index (χ3n) is 4.43. The van der Waals surface area contributed by atoms with E-state index >= 15 is 0 Å². The molecule has 2 atom stereocenters. The lowest BCUT2D eigenvalue weighted by Gasteiger charge is -2.37. The third kappa shape index (κ3) is 3.58. The minimum atomic E-state index is -4.21. The third-order valence-corrected chi connectivity index (χ3v) is 4.43. The second kappa shape index (κ2) is 5.96. The molecular formula is C14H20F3N3O. The largest absolute Gasteiger partial charge is 0.414 e. The highest BCUT2D eigenvalue weighted by atomic mass is 19.4. The number of aromatic nitrogens is 2. The first-order valence-electron chi connectivity index (χ1n) is 7.45. The number of rotatable bonds is 5. The highest BCUT2D eigenvalue weighted by molar-refractivity contribution is 4.93. The van der Waals surface area contributed by atoms with Gasteiger partial charge in [0.15, 0.2) is 6.10 Å². The number of hydrogen-bond acceptors (Lipinski definition) is 3. The minimum absolute atomic E-state index is 0.0975. The van der Waals surface area contributed by atoms with Crippen molar-refractivity contribution < 1.29 is 17.9 Å². The van der Waals surface area contributed by atoms with Gasteiger partial charge in [-0.15, -0.1) is 0 Å². The van der Waals surface area contributed by atoms with Gasteiger partial charge in [-0.05, 0) is 38.6 Å². The van der Waals surface area contributed by atoms with Crippen LogP contribution in [0.3, 0.4) is 0 Å². The van der Waals surface area contributed by atoms with Gasteiger partial charge in [0.25, 0.3) is 0 Å². The van der Waals surface area contributed by atoms with E-state index in [1.165, 1.54) is 0 Å². The Hall–Kier alpha value is -1.08. The molecule has 1 N–H and O–H groups in total. The van der Waals surface area contributed by atoms with Crippen molar-refractivity contribution in [2.24, 2.45) is 0 Å². The van der Waals surface area contributed by atoms with E-state index in [1.54, 1.807) is 6.20 Å². The maximum Gasteiger partial charge on any atom is 0.414 e. The van der Waals surface area contributed by atoms with Crippen molar-refractivity contribution in [2.75, 3.05) is 6.54 Å². The van der Waals surface area contributed by atoms with Crippen LogP contribution in [-0.2, 0) is 4.74 Å². The van der Waals surface area contributed by atoms with Gasteiger partial charge in [0.1, 0.15) is 0 Å². The average molecular weight is 303 g/mol. The molecule has 21 heavy (non-hydrogen) atoms. The van der Waals surface area contributed by atoms with Gasteiger partial charge < -0.3 is 14.6 Å². The lowest BCUT2D eigenvalue weighted by atomic mass is 9.86. The maximum absolute atomic E-state index is 12.5. The van der Waals surface area contributed by atoms with Gasteiger partial charge in [0.05, 0.1) is 12.4 Å². The fraction of sp³-hybridized carbons (Fsp3) is 0.786. The normalized spacial score (nSPS) is 33.1. The molecule has 2 heterocycles. The minimum Gasteiger partial charge on any atom is -0.366 e. The predicted molar refractivity (Wildman–Crippen MR) is 70.9 cm³/mol. The molecule has 2 unspecified atom stereocenters. The molecule has 2 aliphatic rings. The fourth-order valence-corrected chi connectivity index (χ4v) is 3.09. The molecule has 7 heteroatoms. The van der Waals surface area contributed by atoms with Gasteiger partial charge in [-0.1, -0.05) is 0 Å². The molecule has 0 radical (unpaired) electrons. The maximum atomic E-state index is 12.5. The summed E-state index contributed by atoms with van der Waals surface area (Å²) in [6, 6.07) is 0.958. The van der Waals surface area contributed by atoms with Gasteiger partial charge in [-0.25, -0.2) is 4.98 Å². The first kappa shape index (κ1) is 14.8. The number of nitrogens with one attached hydrogen (secondary N) is 1. The van der Waals surface area contributed by atoms with Gasteiger partial charge in [-0.2, -0.15) is 13.2 Å². The summed E-state index contributed by atoms with van der Waals surface area (Å²) < 4.78 is 44.6. The van der Waals surface area contributed by atoms with E-state index < -0.39 is 12.3 Å². The molecule has 3 rings (SSSR count). The van der Waals surface area contributed by atoms with Gasteiger partial charge in [-0.3, -0.25) is 0 Å². The summed E-state index contributed by atoms with van der Waals surface area (Å²) in [5, 5.41) is 3.40. The van der Waals surface area contributed by atoms with Crippen LogP contribution in [0.15, 0.2) is 18.7 Å². The lowest BCUT2D eigenvalue weighted by molar-refractivity contribution is -0.215. The lowest BCUT2D eigenvalue weighted by Crippen LogP contribution is -2.42. The zero-order chi connectivity index (χ0) is 14.9. The van der Waals surface area contributed by atoms with Crippen molar-refractivity contribution in [1.82, 2.24) is 14.9 Å². The number of hydrogen-bond donors (Lipinski definition) is 1. The zero-order valence-electron chi connectivity index (χ0n) is 11.7. The molecule has 0 spiro atoms. The monoisotopic (exact) mass is 303 g/mol. The molecule has 0 bridgehead atoms. The van der Waals surface area contributed by atoms with Crippen LogP contribution in [0.1, 0.15) is 38.1 Å². The summed E-state index contributed by atoms with van der Waals surface area (Å²) in [7, 11) is 0. The Morgan fingerprint density at radius 3 is 2.71 bits per heavy atom. The van der Waals surface area contributed by atoms with Crippen molar-refractivity contribution in [3.63, 3.8) is 0 Å². The van der Waals surface area contributed by atoms with Crippen LogP contribution in [0.5, 0.6) is 0 Å². The Bertz CT molecular complexity index is 443.